The molecular weight excluding hydrogens is 913 g/mol. The Hall–Kier alpha value is -6.20. The minimum Gasteiger partial charge on any atom is -0.384 e. The zero-order chi connectivity index (χ0) is 51.1. The number of carbonyl (C=O) groups excluding carboxylic acids is 5. The van der Waals surface area contributed by atoms with Gasteiger partial charge in [-0.25, -0.2) is 0 Å². The van der Waals surface area contributed by atoms with Gasteiger partial charge in [0.15, 0.2) is 6.29 Å². The zero-order valence-corrected chi connectivity index (χ0v) is 42.9. The molecule has 3 aliphatic heterocycles. The van der Waals surface area contributed by atoms with Crippen LogP contribution in [0.4, 0.5) is 11.4 Å². The van der Waals surface area contributed by atoms with Gasteiger partial charge in [0.25, 0.3) is 17.4 Å². The van der Waals surface area contributed by atoms with Crippen LogP contribution in [-0.4, -0.2) is 141 Å². The number of nitrogens with zero attached hydrogens (tertiary/aromatic N) is 4. The Morgan fingerprint density at radius 2 is 1.61 bits per heavy atom. The summed E-state index contributed by atoms with van der Waals surface area (Å²) >= 11 is 0. The first-order chi connectivity index (χ1) is 34.8. The Bertz CT molecular complexity index is 2580. The fraction of sp³-hybridized carbons (Fsp3) is 0.500. The number of pyridine rings is 1. The lowest BCUT2D eigenvalue weighted by Crippen LogP contribution is -2.53. The molecule has 1 aromatic heterocycles. The van der Waals surface area contributed by atoms with E-state index in [-0.39, 0.29) is 47.9 Å². The van der Waals surface area contributed by atoms with E-state index in [1.165, 1.54) is 17.5 Å². The lowest BCUT2D eigenvalue weighted by molar-refractivity contribution is -0.136. The molecule has 0 spiro atoms. The molecule has 4 amide bonds. The number of carbonyl (C=O) groups is 5. The summed E-state index contributed by atoms with van der Waals surface area (Å²) in [6.07, 6.45) is 6.74. The number of aromatic nitrogens is 1. The van der Waals surface area contributed by atoms with E-state index in [1.54, 1.807) is 18.2 Å². The van der Waals surface area contributed by atoms with Crippen molar-refractivity contribution in [3.05, 3.63) is 116 Å². The smallest absolute Gasteiger partial charge is 0.257 e. The normalized spacial score (nSPS) is 16.8. The van der Waals surface area contributed by atoms with E-state index >= 15 is 0 Å². The highest BCUT2D eigenvalue weighted by Gasteiger charge is 2.34. The number of piperazine rings is 1. The van der Waals surface area contributed by atoms with Crippen molar-refractivity contribution in [3.8, 4) is 11.1 Å². The number of imide groups is 1. The SMILES string of the molecule is CCN(c1cc(-c2ccc(CN3CCN(CCOCCCCCCNc4cccc(C=O)c4C(=O)N(C)C4CCC(=O)NC4=O)CC3)cc2)cc(C(=O)NCc2c(C)cc(C)[nH]c2=O)c1C)C1CCOCC1. The zero-order valence-electron chi connectivity index (χ0n) is 42.9. The molecule has 4 heterocycles. The molecule has 386 valence electrons. The quantitative estimate of drug-likeness (QED) is 0.0365. The number of likely N-dealkylation sites (N-methyl/N-ethyl adjacent to an activating group) is 1. The number of anilines is 2. The number of hydrogen-bond donors (Lipinski definition) is 4. The van der Waals surface area contributed by atoms with Gasteiger partial charge in [-0.15, -0.1) is 0 Å². The largest absolute Gasteiger partial charge is 0.384 e. The third-order valence-electron chi connectivity index (χ3n) is 14.5. The minimum atomic E-state index is -0.781. The second-order valence-corrected chi connectivity index (χ2v) is 19.5. The predicted molar refractivity (Wildman–Crippen MR) is 281 cm³/mol. The molecule has 4 N–H and O–H groups in total. The van der Waals surface area contributed by atoms with Crippen molar-refractivity contribution in [1.82, 2.24) is 30.3 Å². The highest BCUT2D eigenvalue weighted by Crippen LogP contribution is 2.34. The minimum absolute atomic E-state index is 0.144. The molecule has 1 unspecified atom stereocenters. The molecule has 0 bridgehead atoms. The van der Waals surface area contributed by atoms with Crippen LogP contribution in [0.15, 0.2) is 65.5 Å². The molecule has 0 radical (unpaired) electrons. The topological polar surface area (TPSA) is 186 Å². The highest BCUT2D eigenvalue weighted by atomic mass is 16.5. The number of rotatable bonds is 23. The van der Waals surface area contributed by atoms with Crippen LogP contribution in [0.3, 0.4) is 0 Å². The van der Waals surface area contributed by atoms with E-state index in [0.717, 1.165) is 131 Å². The summed E-state index contributed by atoms with van der Waals surface area (Å²) in [6, 6.07) is 19.5. The number of aldehydes is 1. The van der Waals surface area contributed by atoms with E-state index < -0.39 is 17.9 Å². The summed E-state index contributed by atoms with van der Waals surface area (Å²) in [6.45, 7) is 18.1. The molecule has 0 aliphatic carbocycles. The van der Waals surface area contributed by atoms with Crippen LogP contribution in [0.25, 0.3) is 11.1 Å². The number of amides is 4. The number of nitrogens with one attached hydrogen (secondary N) is 4. The third-order valence-corrected chi connectivity index (χ3v) is 14.5. The number of ether oxygens (including phenoxy) is 2. The Morgan fingerprint density at radius 3 is 2.32 bits per heavy atom. The van der Waals surface area contributed by atoms with Crippen molar-refractivity contribution in [2.75, 3.05) is 89.5 Å². The number of H-pyrrole nitrogens is 1. The maximum Gasteiger partial charge on any atom is 0.257 e. The Morgan fingerprint density at radius 1 is 0.875 bits per heavy atom. The van der Waals surface area contributed by atoms with Crippen molar-refractivity contribution in [2.24, 2.45) is 0 Å². The molecule has 1 atom stereocenters. The fourth-order valence-electron chi connectivity index (χ4n) is 10.2. The number of benzene rings is 3. The lowest BCUT2D eigenvalue weighted by Gasteiger charge is -2.37. The van der Waals surface area contributed by atoms with E-state index in [1.807, 2.05) is 32.9 Å². The van der Waals surface area contributed by atoms with Gasteiger partial charge in [-0.3, -0.25) is 43.9 Å². The summed E-state index contributed by atoms with van der Waals surface area (Å²) in [5.74, 6) is -1.51. The Kier molecular flexibility index (Phi) is 19.3. The molecule has 16 heteroatoms. The van der Waals surface area contributed by atoms with E-state index in [0.29, 0.717) is 48.9 Å². The van der Waals surface area contributed by atoms with Crippen LogP contribution in [0, 0.1) is 20.8 Å². The van der Waals surface area contributed by atoms with E-state index in [9.17, 15) is 28.8 Å². The molecule has 3 fully saturated rings. The van der Waals surface area contributed by atoms with Gasteiger partial charge in [-0.05, 0) is 112 Å². The second-order valence-electron chi connectivity index (χ2n) is 19.5. The molecule has 4 aromatic rings. The summed E-state index contributed by atoms with van der Waals surface area (Å²) in [5.41, 5.74) is 8.90. The van der Waals surface area contributed by atoms with Crippen LogP contribution < -0.4 is 26.4 Å². The fourth-order valence-corrected chi connectivity index (χ4v) is 10.2. The van der Waals surface area contributed by atoms with Gasteiger partial charge >= 0.3 is 0 Å². The number of hydrogen-bond acceptors (Lipinski definition) is 12. The molecule has 3 aliphatic rings. The first-order valence-corrected chi connectivity index (χ1v) is 25.9. The standard InChI is InChI=1S/C56H74N8O8/c1-6-64(45-20-29-72-30-21-45)50-34-44(33-46(40(50)4)53(67)58-35-47-38(2)32-39(3)59-54(47)68)42-16-14-41(15-17-42)36-63-25-23-62(24-26-63)27-31-71-28-10-8-7-9-22-57-48-13-11-12-43(37-65)52(48)56(70)61(5)49-18-19-51(66)60-55(49)69/h11-17,32-34,37,45,49,57H,6-10,18-31,35-36H2,1-5H3,(H,58,67)(H,59,68)(H,60,66,69). The van der Waals surface area contributed by atoms with Gasteiger partial charge in [0.2, 0.25) is 11.8 Å². The summed E-state index contributed by atoms with van der Waals surface area (Å²) in [4.78, 5) is 87.8. The lowest BCUT2D eigenvalue weighted by atomic mass is 9.94. The van der Waals surface area contributed by atoms with Crippen molar-refractivity contribution < 1.29 is 33.4 Å². The predicted octanol–water partition coefficient (Wildman–Crippen LogP) is 6.40. The summed E-state index contributed by atoms with van der Waals surface area (Å²) in [5, 5.41) is 8.68. The summed E-state index contributed by atoms with van der Waals surface area (Å²) in [7, 11) is 1.53. The van der Waals surface area contributed by atoms with Crippen LogP contribution in [-0.2, 0) is 32.2 Å². The number of aromatic amines is 1. The first-order valence-electron chi connectivity index (χ1n) is 25.9. The maximum atomic E-state index is 14.0. The van der Waals surface area contributed by atoms with E-state index in [4.69, 9.17) is 9.47 Å². The molecule has 16 nitrogen and oxygen atoms in total. The Labute approximate surface area is 424 Å². The van der Waals surface area contributed by atoms with Crippen LogP contribution in [0.2, 0.25) is 0 Å². The van der Waals surface area contributed by atoms with Crippen LogP contribution in [0.1, 0.15) is 117 Å². The monoisotopic (exact) mass is 987 g/mol. The van der Waals surface area contributed by atoms with Crippen LogP contribution in [0.5, 0.6) is 0 Å². The highest BCUT2D eigenvalue weighted by molar-refractivity contribution is 6.09. The average molecular weight is 987 g/mol. The molecule has 72 heavy (non-hydrogen) atoms. The van der Waals surface area contributed by atoms with Gasteiger partial charge in [0.1, 0.15) is 6.04 Å². The summed E-state index contributed by atoms with van der Waals surface area (Å²) < 4.78 is 11.7. The van der Waals surface area contributed by atoms with Gasteiger partial charge in [0.05, 0.1) is 12.2 Å². The van der Waals surface area contributed by atoms with Gasteiger partial charge in [-0.1, -0.05) is 49.2 Å². The molecule has 3 saturated heterocycles. The van der Waals surface area contributed by atoms with Crippen LogP contribution >= 0.6 is 0 Å². The Balaban J connectivity index is 0.833. The van der Waals surface area contributed by atoms with Crippen molar-refractivity contribution >= 4 is 41.3 Å². The molecule has 3 aromatic carbocycles. The third kappa shape index (κ3) is 13.8. The van der Waals surface area contributed by atoms with E-state index in [2.05, 4.69) is 72.9 Å². The van der Waals surface area contributed by atoms with Crippen molar-refractivity contribution in [1.29, 1.82) is 0 Å². The van der Waals surface area contributed by atoms with Gasteiger partial charge < -0.3 is 34.9 Å². The first kappa shape index (κ1) is 53.6. The number of unbranched alkanes of at least 4 members (excludes halogenated alkanes) is 3. The molecular formula is C56H74N8O8. The number of aryl methyl sites for hydroxylation is 2. The molecule has 7 rings (SSSR count). The maximum absolute atomic E-state index is 14.0. The van der Waals surface area contributed by atoms with Gasteiger partial charge in [-0.2, -0.15) is 0 Å². The average Bonchev–Trinajstić information content (AvgIpc) is 3.37. The second kappa shape index (κ2) is 26.0. The van der Waals surface area contributed by atoms with Gasteiger partial charge in [0, 0.05) is 132 Å². The van der Waals surface area contributed by atoms with Crippen molar-refractivity contribution in [3.63, 3.8) is 0 Å². The van der Waals surface area contributed by atoms with Crippen molar-refractivity contribution in [2.45, 2.75) is 104 Å². The number of piperidine rings is 1. The molecule has 0 saturated carbocycles.